The standard InChI is InChI=1S/C9H10N2O2/c1-13-9(12)8-4-2-7(3-5-8)6-11-10/h2-6H,10H2,1H3/b11-6-. The largest absolute Gasteiger partial charge is 0.465 e. The van der Waals surface area contributed by atoms with E-state index in [-0.39, 0.29) is 5.97 Å². The molecule has 0 aliphatic heterocycles. The van der Waals surface area contributed by atoms with Crippen molar-refractivity contribution in [3.05, 3.63) is 35.4 Å². The molecule has 4 heteroatoms. The van der Waals surface area contributed by atoms with Crippen LogP contribution in [0.15, 0.2) is 29.4 Å². The predicted octanol–water partition coefficient (Wildman–Crippen LogP) is 0.766. The van der Waals surface area contributed by atoms with Crippen molar-refractivity contribution in [2.75, 3.05) is 7.11 Å². The zero-order valence-corrected chi connectivity index (χ0v) is 7.23. The van der Waals surface area contributed by atoms with E-state index >= 15 is 0 Å². The van der Waals surface area contributed by atoms with E-state index in [1.165, 1.54) is 13.3 Å². The Balaban J connectivity index is 2.87. The van der Waals surface area contributed by atoms with Gasteiger partial charge in [-0.2, -0.15) is 5.10 Å². The highest BCUT2D eigenvalue weighted by molar-refractivity contribution is 5.90. The third kappa shape index (κ3) is 2.30. The fourth-order valence-electron chi connectivity index (χ4n) is 0.909. The van der Waals surface area contributed by atoms with Crippen LogP contribution in [0.25, 0.3) is 0 Å². The van der Waals surface area contributed by atoms with E-state index in [0.717, 1.165) is 5.56 Å². The first-order chi connectivity index (χ1) is 6.27. The van der Waals surface area contributed by atoms with Gasteiger partial charge in [-0.1, -0.05) is 12.1 Å². The molecule has 1 rings (SSSR count). The number of hydrogen-bond acceptors (Lipinski definition) is 4. The summed E-state index contributed by atoms with van der Waals surface area (Å²) < 4.78 is 4.54. The summed E-state index contributed by atoms with van der Waals surface area (Å²) in [6.45, 7) is 0. The number of methoxy groups -OCH3 is 1. The van der Waals surface area contributed by atoms with Crippen LogP contribution in [0.3, 0.4) is 0 Å². The van der Waals surface area contributed by atoms with E-state index < -0.39 is 0 Å². The molecule has 0 unspecified atom stereocenters. The highest BCUT2D eigenvalue weighted by Gasteiger charge is 2.02. The first-order valence-electron chi connectivity index (χ1n) is 3.69. The lowest BCUT2D eigenvalue weighted by atomic mass is 10.1. The minimum atomic E-state index is -0.351. The van der Waals surface area contributed by atoms with E-state index in [4.69, 9.17) is 5.84 Å². The number of carbonyl (C=O) groups excluding carboxylic acids is 1. The Hall–Kier alpha value is -1.84. The molecule has 0 atom stereocenters. The van der Waals surface area contributed by atoms with Gasteiger partial charge in [-0.3, -0.25) is 0 Å². The van der Waals surface area contributed by atoms with Crippen molar-refractivity contribution >= 4 is 12.2 Å². The Morgan fingerprint density at radius 3 is 2.54 bits per heavy atom. The Kier molecular flexibility index (Phi) is 3.03. The van der Waals surface area contributed by atoms with Crippen molar-refractivity contribution in [3.63, 3.8) is 0 Å². The molecule has 2 N–H and O–H groups in total. The van der Waals surface area contributed by atoms with Crippen molar-refractivity contribution in [1.29, 1.82) is 0 Å². The second-order valence-electron chi connectivity index (χ2n) is 2.39. The number of ether oxygens (including phenoxy) is 1. The van der Waals surface area contributed by atoms with Crippen LogP contribution in [-0.2, 0) is 4.74 Å². The van der Waals surface area contributed by atoms with Gasteiger partial charge in [-0.25, -0.2) is 4.79 Å². The first-order valence-corrected chi connectivity index (χ1v) is 3.69. The van der Waals surface area contributed by atoms with Crippen molar-refractivity contribution in [3.8, 4) is 0 Å². The van der Waals surface area contributed by atoms with Gasteiger partial charge in [-0.15, -0.1) is 0 Å². The van der Waals surface area contributed by atoms with Gasteiger partial charge < -0.3 is 10.6 Å². The normalized spacial score (nSPS) is 10.2. The fourth-order valence-corrected chi connectivity index (χ4v) is 0.909. The summed E-state index contributed by atoms with van der Waals surface area (Å²) in [7, 11) is 1.34. The average molecular weight is 178 g/mol. The molecule has 0 fully saturated rings. The van der Waals surface area contributed by atoms with Gasteiger partial charge in [0.15, 0.2) is 0 Å². The van der Waals surface area contributed by atoms with Crippen LogP contribution >= 0.6 is 0 Å². The molecule has 68 valence electrons. The van der Waals surface area contributed by atoms with E-state index in [0.29, 0.717) is 5.56 Å². The molecule has 13 heavy (non-hydrogen) atoms. The first kappa shape index (κ1) is 9.25. The Bertz CT molecular complexity index is 317. The smallest absolute Gasteiger partial charge is 0.337 e. The van der Waals surface area contributed by atoms with Crippen LogP contribution in [-0.4, -0.2) is 19.3 Å². The number of nitrogens with zero attached hydrogens (tertiary/aromatic N) is 1. The topological polar surface area (TPSA) is 64.7 Å². The minimum absolute atomic E-state index is 0.351. The summed E-state index contributed by atoms with van der Waals surface area (Å²) in [4.78, 5) is 11.0. The molecule has 0 bridgehead atoms. The molecule has 0 aliphatic rings. The number of esters is 1. The molecule has 0 heterocycles. The SMILES string of the molecule is COC(=O)c1ccc(/C=N\N)cc1. The second kappa shape index (κ2) is 4.25. The summed E-state index contributed by atoms with van der Waals surface area (Å²) in [6.07, 6.45) is 1.50. The lowest BCUT2D eigenvalue weighted by molar-refractivity contribution is 0.0601. The van der Waals surface area contributed by atoms with Crippen LogP contribution in [0.1, 0.15) is 15.9 Å². The monoisotopic (exact) mass is 178 g/mol. The lowest BCUT2D eigenvalue weighted by Gasteiger charge is -1.98. The third-order valence-electron chi connectivity index (χ3n) is 1.56. The van der Waals surface area contributed by atoms with Crippen molar-refractivity contribution < 1.29 is 9.53 Å². The van der Waals surface area contributed by atoms with Gasteiger partial charge in [0.2, 0.25) is 0 Å². The van der Waals surface area contributed by atoms with Crippen LogP contribution in [0.4, 0.5) is 0 Å². The predicted molar refractivity (Wildman–Crippen MR) is 49.6 cm³/mol. The molecule has 0 amide bonds. The second-order valence-corrected chi connectivity index (χ2v) is 2.39. The van der Waals surface area contributed by atoms with E-state index in [9.17, 15) is 4.79 Å². The molecule has 0 saturated carbocycles. The number of hydrazone groups is 1. The van der Waals surface area contributed by atoms with Crippen LogP contribution in [0, 0.1) is 0 Å². The number of nitrogens with two attached hydrogens (primary N) is 1. The maximum Gasteiger partial charge on any atom is 0.337 e. The van der Waals surface area contributed by atoms with Gasteiger partial charge >= 0.3 is 5.97 Å². The third-order valence-corrected chi connectivity index (χ3v) is 1.56. The Labute approximate surface area is 76.0 Å². The fraction of sp³-hybridized carbons (Fsp3) is 0.111. The van der Waals surface area contributed by atoms with Crippen LogP contribution < -0.4 is 5.84 Å². The molecule has 0 spiro atoms. The average Bonchev–Trinajstić information content (AvgIpc) is 2.18. The summed E-state index contributed by atoms with van der Waals surface area (Å²) in [5.41, 5.74) is 1.35. The van der Waals surface area contributed by atoms with Crippen LogP contribution in [0.2, 0.25) is 0 Å². The van der Waals surface area contributed by atoms with Gasteiger partial charge in [-0.05, 0) is 17.7 Å². The van der Waals surface area contributed by atoms with Gasteiger partial charge in [0, 0.05) is 0 Å². The van der Waals surface area contributed by atoms with Gasteiger partial charge in [0.1, 0.15) is 0 Å². The zero-order valence-electron chi connectivity index (χ0n) is 7.23. The molecule has 0 aromatic heterocycles. The zero-order chi connectivity index (χ0) is 9.68. The minimum Gasteiger partial charge on any atom is -0.465 e. The number of hydrogen-bond donors (Lipinski definition) is 1. The molecule has 4 nitrogen and oxygen atoms in total. The quantitative estimate of drug-likeness (QED) is 0.315. The molecular formula is C9H10N2O2. The maximum atomic E-state index is 11.0. The number of benzene rings is 1. The van der Waals surface area contributed by atoms with Gasteiger partial charge in [0.05, 0.1) is 18.9 Å². The highest BCUT2D eigenvalue weighted by atomic mass is 16.5. The van der Waals surface area contributed by atoms with Crippen molar-refractivity contribution in [1.82, 2.24) is 0 Å². The summed E-state index contributed by atoms with van der Waals surface area (Å²) in [5.74, 6) is 4.61. The van der Waals surface area contributed by atoms with Gasteiger partial charge in [0.25, 0.3) is 0 Å². The molecule has 1 aromatic rings. The van der Waals surface area contributed by atoms with E-state index in [2.05, 4.69) is 9.84 Å². The molecule has 1 aromatic carbocycles. The molecule has 0 radical (unpaired) electrons. The Morgan fingerprint density at radius 1 is 1.46 bits per heavy atom. The molecule has 0 saturated heterocycles. The number of carbonyl (C=O) groups is 1. The lowest BCUT2D eigenvalue weighted by Crippen LogP contribution is -2.00. The maximum absolute atomic E-state index is 11.0. The van der Waals surface area contributed by atoms with Crippen molar-refractivity contribution in [2.24, 2.45) is 10.9 Å². The summed E-state index contributed by atoms with van der Waals surface area (Å²) >= 11 is 0. The van der Waals surface area contributed by atoms with Crippen LogP contribution in [0.5, 0.6) is 0 Å². The van der Waals surface area contributed by atoms with E-state index in [1.807, 2.05) is 0 Å². The molecular weight excluding hydrogens is 168 g/mol. The van der Waals surface area contributed by atoms with Crippen molar-refractivity contribution in [2.45, 2.75) is 0 Å². The Morgan fingerprint density at radius 2 is 2.08 bits per heavy atom. The highest BCUT2D eigenvalue weighted by Crippen LogP contribution is 2.03. The number of rotatable bonds is 2. The summed E-state index contributed by atoms with van der Waals surface area (Å²) in [5, 5.41) is 3.36. The summed E-state index contributed by atoms with van der Waals surface area (Å²) in [6, 6.07) is 6.79. The molecule has 0 aliphatic carbocycles. The van der Waals surface area contributed by atoms with E-state index in [1.54, 1.807) is 24.3 Å².